The maximum absolute atomic E-state index is 13.3. The molecular formula is C12H7F5N2O. The van der Waals surface area contributed by atoms with Gasteiger partial charge in [0.15, 0.2) is 23.3 Å². The summed E-state index contributed by atoms with van der Waals surface area (Å²) in [5.41, 5.74) is 0.525. The Morgan fingerprint density at radius 2 is 1.50 bits per heavy atom. The Morgan fingerprint density at radius 3 is 2.00 bits per heavy atom. The van der Waals surface area contributed by atoms with E-state index in [1.807, 2.05) is 0 Å². The van der Waals surface area contributed by atoms with Crippen LogP contribution in [0.3, 0.4) is 0 Å². The van der Waals surface area contributed by atoms with Gasteiger partial charge in [-0.1, -0.05) is 0 Å². The predicted octanol–water partition coefficient (Wildman–Crippen LogP) is 3.73. The molecule has 2 rings (SSSR count). The second kappa shape index (κ2) is 5.32. The van der Waals surface area contributed by atoms with Gasteiger partial charge in [0.25, 0.3) is 0 Å². The highest BCUT2D eigenvalue weighted by Gasteiger charge is 2.25. The number of rotatable bonds is 3. The van der Waals surface area contributed by atoms with Crippen molar-refractivity contribution in [1.82, 2.24) is 0 Å². The Balaban J connectivity index is 2.28. The van der Waals surface area contributed by atoms with Gasteiger partial charge in [-0.15, -0.1) is 0 Å². The summed E-state index contributed by atoms with van der Waals surface area (Å²) >= 11 is 0. The minimum Gasteiger partial charge on any atom is -0.460 e. The van der Waals surface area contributed by atoms with Gasteiger partial charge < -0.3 is 4.42 Å². The van der Waals surface area contributed by atoms with Crippen LogP contribution in [0.5, 0.6) is 0 Å². The van der Waals surface area contributed by atoms with Gasteiger partial charge in [-0.05, 0) is 19.1 Å². The third kappa shape index (κ3) is 2.49. The summed E-state index contributed by atoms with van der Waals surface area (Å²) in [7, 11) is 0. The Bertz CT molecular complexity index is 652. The molecule has 0 unspecified atom stereocenters. The lowest BCUT2D eigenvalue weighted by atomic mass is 10.2. The van der Waals surface area contributed by atoms with E-state index in [2.05, 4.69) is 5.10 Å². The Morgan fingerprint density at radius 1 is 0.950 bits per heavy atom. The molecule has 20 heavy (non-hydrogen) atoms. The van der Waals surface area contributed by atoms with Crippen LogP contribution < -0.4 is 5.43 Å². The zero-order valence-electron chi connectivity index (χ0n) is 9.98. The van der Waals surface area contributed by atoms with Crippen LogP contribution in [-0.2, 0) is 0 Å². The fourth-order valence-electron chi connectivity index (χ4n) is 1.39. The first kappa shape index (κ1) is 14.0. The molecule has 0 spiro atoms. The van der Waals surface area contributed by atoms with Crippen LogP contribution in [0.2, 0.25) is 0 Å². The molecule has 1 heterocycles. The normalized spacial score (nSPS) is 11.3. The zero-order chi connectivity index (χ0) is 14.9. The number of nitrogens with zero attached hydrogens (tertiary/aromatic N) is 1. The van der Waals surface area contributed by atoms with E-state index < -0.39 is 34.8 Å². The zero-order valence-corrected chi connectivity index (χ0v) is 9.98. The van der Waals surface area contributed by atoms with Crippen molar-refractivity contribution in [1.29, 1.82) is 0 Å². The number of furan rings is 1. The molecule has 0 amide bonds. The van der Waals surface area contributed by atoms with Crippen molar-refractivity contribution in [3.8, 4) is 0 Å². The summed E-state index contributed by atoms with van der Waals surface area (Å²) in [6.45, 7) is 1.66. The summed E-state index contributed by atoms with van der Waals surface area (Å²) in [5.74, 6) is -9.48. The van der Waals surface area contributed by atoms with Crippen molar-refractivity contribution < 1.29 is 26.4 Å². The summed E-state index contributed by atoms with van der Waals surface area (Å²) in [6.07, 6.45) is 1.03. The number of hydrazone groups is 1. The van der Waals surface area contributed by atoms with Crippen molar-refractivity contribution in [2.24, 2.45) is 5.10 Å². The monoisotopic (exact) mass is 290 g/mol. The van der Waals surface area contributed by atoms with E-state index >= 15 is 0 Å². The first-order chi connectivity index (χ1) is 9.41. The molecule has 3 nitrogen and oxygen atoms in total. The van der Waals surface area contributed by atoms with Crippen molar-refractivity contribution >= 4 is 11.9 Å². The van der Waals surface area contributed by atoms with Gasteiger partial charge in [0, 0.05) is 0 Å². The van der Waals surface area contributed by atoms with Crippen LogP contribution in [0.4, 0.5) is 27.6 Å². The molecule has 0 saturated heterocycles. The molecule has 2 aromatic rings. The van der Waals surface area contributed by atoms with Crippen LogP contribution >= 0.6 is 0 Å². The molecule has 1 aromatic heterocycles. The summed E-state index contributed by atoms with van der Waals surface area (Å²) in [5, 5.41) is 3.35. The standard InChI is InChI=1S/C12H7F5N2O/c1-5-2-3-6(20-5)4-18-19-12-10(16)8(14)7(13)9(15)11(12)17/h2-4,19H,1H3/b18-4-. The molecule has 0 bridgehead atoms. The SMILES string of the molecule is Cc1ccc(/C=N\Nc2c(F)c(F)c(F)c(F)c2F)o1. The number of anilines is 1. The highest BCUT2D eigenvalue weighted by Crippen LogP contribution is 2.26. The highest BCUT2D eigenvalue weighted by atomic mass is 19.2. The van der Waals surface area contributed by atoms with E-state index in [0.29, 0.717) is 5.76 Å². The lowest BCUT2D eigenvalue weighted by molar-refractivity contribution is 0.381. The van der Waals surface area contributed by atoms with Crippen LogP contribution in [0.15, 0.2) is 21.7 Å². The minimum absolute atomic E-state index is 0.249. The van der Waals surface area contributed by atoms with E-state index in [-0.39, 0.29) is 5.76 Å². The van der Waals surface area contributed by atoms with Crippen molar-refractivity contribution in [2.75, 3.05) is 5.43 Å². The fraction of sp³-hybridized carbons (Fsp3) is 0.0833. The molecule has 0 aliphatic carbocycles. The third-order valence-corrected chi connectivity index (χ3v) is 2.34. The van der Waals surface area contributed by atoms with Gasteiger partial charge in [0.05, 0.1) is 6.21 Å². The lowest BCUT2D eigenvalue weighted by Gasteiger charge is -2.06. The Labute approximate surface area is 109 Å². The average molecular weight is 290 g/mol. The molecule has 1 N–H and O–H groups in total. The third-order valence-electron chi connectivity index (χ3n) is 2.34. The van der Waals surface area contributed by atoms with Crippen molar-refractivity contribution in [3.63, 3.8) is 0 Å². The lowest BCUT2D eigenvalue weighted by Crippen LogP contribution is -2.06. The number of hydrogen-bond acceptors (Lipinski definition) is 3. The highest BCUT2D eigenvalue weighted by molar-refractivity contribution is 5.76. The average Bonchev–Trinajstić information content (AvgIpc) is 2.84. The molecule has 0 aliphatic rings. The van der Waals surface area contributed by atoms with Crippen LogP contribution in [-0.4, -0.2) is 6.21 Å². The summed E-state index contributed by atoms with van der Waals surface area (Å²) in [4.78, 5) is 0. The molecule has 0 atom stereocenters. The van der Waals surface area contributed by atoms with E-state index in [9.17, 15) is 22.0 Å². The van der Waals surface area contributed by atoms with E-state index in [1.54, 1.807) is 18.4 Å². The summed E-state index contributed by atoms with van der Waals surface area (Å²) in [6, 6.07) is 3.12. The number of aryl methyl sites for hydroxylation is 1. The maximum atomic E-state index is 13.3. The summed E-state index contributed by atoms with van der Waals surface area (Å²) < 4.78 is 70.1. The maximum Gasteiger partial charge on any atom is 0.200 e. The van der Waals surface area contributed by atoms with Gasteiger partial charge in [-0.3, -0.25) is 5.43 Å². The van der Waals surface area contributed by atoms with Gasteiger partial charge >= 0.3 is 0 Å². The van der Waals surface area contributed by atoms with Gasteiger partial charge in [-0.25, -0.2) is 22.0 Å². The van der Waals surface area contributed by atoms with Gasteiger partial charge in [-0.2, -0.15) is 5.10 Å². The second-order valence-corrected chi connectivity index (χ2v) is 3.76. The predicted molar refractivity (Wildman–Crippen MR) is 60.9 cm³/mol. The number of halogens is 5. The van der Waals surface area contributed by atoms with E-state index in [1.165, 1.54) is 6.07 Å². The first-order valence-electron chi connectivity index (χ1n) is 5.28. The molecule has 0 saturated carbocycles. The van der Waals surface area contributed by atoms with Crippen LogP contribution in [0, 0.1) is 36.0 Å². The van der Waals surface area contributed by atoms with E-state index in [4.69, 9.17) is 4.42 Å². The first-order valence-corrected chi connectivity index (χ1v) is 5.28. The van der Waals surface area contributed by atoms with Gasteiger partial charge in [0.1, 0.15) is 17.2 Å². The molecule has 8 heteroatoms. The number of benzene rings is 1. The smallest absolute Gasteiger partial charge is 0.200 e. The second-order valence-electron chi connectivity index (χ2n) is 3.76. The topological polar surface area (TPSA) is 37.5 Å². The molecule has 1 aromatic carbocycles. The minimum atomic E-state index is -2.23. The number of nitrogens with one attached hydrogen (secondary N) is 1. The Hall–Kier alpha value is -2.38. The quantitative estimate of drug-likeness (QED) is 0.307. The van der Waals surface area contributed by atoms with Crippen molar-refractivity contribution in [2.45, 2.75) is 6.92 Å². The largest absolute Gasteiger partial charge is 0.460 e. The van der Waals surface area contributed by atoms with E-state index in [0.717, 1.165) is 6.21 Å². The molecule has 0 fully saturated rings. The molecular weight excluding hydrogens is 283 g/mol. The number of hydrogen-bond donors (Lipinski definition) is 1. The van der Waals surface area contributed by atoms with Gasteiger partial charge in [0.2, 0.25) is 5.82 Å². The Kier molecular flexibility index (Phi) is 3.73. The van der Waals surface area contributed by atoms with Crippen LogP contribution in [0.25, 0.3) is 0 Å². The fourth-order valence-corrected chi connectivity index (χ4v) is 1.39. The van der Waals surface area contributed by atoms with Crippen LogP contribution in [0.1, 0.15) is 11.5 Å². The van der Waals surface area contributed by atoms with Crippen molar-refractivity contribution in [3.05, 3.63) is 52.7 Å². The molecule has 0 radical (unpaired) electrons. The molecule has 106 valence electrons. The molecule has 0 aliphatic heterocycles.